The first kappa shape index (κ1) is 10.6. The van der Waals surface area contributed by atoms with E-state index < -0.39 is 11.9 Å². The van der Waals surface area contributed by atoms with Crippen LogP contribution in [0.1, 0.15) is 12.6 Å². The third kappa shape index (κ3) is 1.89. The molecule has 0 bridgehead atoms. The molecule has 0 fully saturated rings. The summed E-state index contributed by atoms with van der Waals surface area (Å²) in [7, 11) is 0. The minimum atomic E-state index is -4.68. The van der Waals surface area contributed by atoms with Gasteiger partial charge in [0, 0.05) is 17.4 Å². The SMILES string of the molecule is CCc1cc(N)cc(=O)n1C(F)(F)F. The van der Waals surface area contributed by atoms with Crippen molar-refractivity contribution in [1.82, 2.24) is 4.57 Å². The van der Waals surface area contributed by atoms with E-state index in [-0.39, 0.29) is 22.4 Å². The van der Waals surface area contributed by atoms with Crippen LogP contribution in [0.15, 0.2) is 16.9 Å². The fraction of sp³-hybridized carbons (Fsp3) is 0.375. The maximum absolute atomic E-state index is 12.4. The normalized spacial score (nSPS) is 11.7. The van der Waals surface area contributed by atoms with Gasteiger partial charge in [0.2, 0.25) is 0 Å². The second-order valence-electron chi connectivity index (χ2n) is 2.78. The Balaban J connectivity index is 3.49. The van der Waals surface area contributed by atoms with Gasteiger partial charge in [0.05, 0.1) is 0 Å². The molecule has 78 valence electrons. The summed E-state index contributed by atoms with van der Waals surface area (Å²) in [5.74, 6) is 0. The summed E-state index contributed by atoms with van der Waals surface area (Å²) in [6, 6.07) is 1.90. The molecule has 0 radical (unpaired) electrons. The second kappa shape index (κ2) is 3.36. The molecule has 2 N–H and O–H groups in total. The van der Waals surface area contributed by atoms with E-state index in [0.717, 1.165) is 12.1 Å². The summed E-state index contributed by atoms with van der Waals surface area (Å²) in [6.45, 7) is 1.52. The lowest BCUT2D eigenvalue weighted by molar-refractivity contribution is -0.207. The molecule has 14 heavy (non-hydrogen) atoms. The van der Waals surface area contributed by atoms with Gasteiger partial charge < -0.3 is 5.73 Å². The molecule has 0 saturated heterocycles. The van der Waals surface area contributed by atoms with E-state index in [0.29, 0.717) is 0 Å². The van der Waals surface area contributed by atoms with Crippen LogP contribution in [0.25, 0.3) is 0 Å². The van der Waals surface area contributed by atoms with Crippen molar-refractivity contribution in [2.75, 3.05) is 5.73 Å². The number of rotatable bonds is 1. The molecule has 1 aromatic rings. The van der Waals surface area contributed by atoms with Crippen LogP contribution in [0.3, 0.4) is 0 Å². The lowest BCUT2D eigenvalue weighted by atomic mass is 10.2. The number of halogens is 3. The van der Waals surface area contributed by atoms with Crippen molar-refractivity contribution >= 4 is 5.69 Å². The van der Waals surface area contributed by atoms with E-state index in [2.05, 4.69) is 0 Å². The van der Waals surface area contributed by atoms with Gasteiger partial charge in [-0.15, -0.1) is 13.2 Å². The average Bonchev–Trinajstić information content (AvgIpc) is 1.99. The Morgan fingerprint density at radius 2 is 2.00 bits per heavy atom. The van der Waals surface area contributed by atoms with Gasteiger partial charge in [-0.2, -0.15) is 0 Å². The summed E-state index contributed by atoms with van der Waals surface area (Å²) in [4.78, 5) is 11.0. The van der Waals surface area contributed by atoms with Crippen LogP contribution in [0.2, 0.25) is 0 Å². The van der Waals surface area contributed by atoms with Gasteiger partial charge in [-0.25, -0.2) is 4.57 Å². The highest BCUT2D eigenvalue weighted by molar-refractivity contribution is 5.38. The molecule has 0 aromatic carbocycles. The van der Waals surface area contributed by atoms with Crippen LogP contribution >= 0.6 is 0 Å². The van der Waals surface area contributed by atoms with Gasteiger partial charge in [0.25, 0.3) is 5.56 Å². The molecule has 1 rings (SSSR count). The van der Waals surface area contributed by atoms with Gasteiger partial charge in [-0.05, 0) is 12.5 Å². The molecular weight excluding hydrogens is 197 g/mol. The predicted molar refractivity (Wildman–Crippen MR) is 45.8 cm³/mol. The van der Waals surface area contributed by atoms with Crippen LogP contribution in [-0.2, 0) is 12.7 Å². The zero-order valence-corrected chi connectivity index (χ0v) is 7.43. The van der Waals surface area contributed by atoms with Crippen LogP contribution in [-0.4, -0.2) is 4.57 Å². The highest BCUT2D eigenvalue weighted by atomic mass is 19.4. The van der Waals surface area contributed by atoms with Crippen molar-refractivity contribution in [3.8, 4) is 0 Å². The first-order chi connectivity index (χ1) is 6.36. The van der Waals surface area contributed by atoms with Crippen LogP contribution in [0.4, 0.5) is 18.9 Å². The number of alkyl halides is 3. The largest absolute Gasteiger partial charge is 0.491 e. The van der Waals surface area contributed by atoms with Crippen LogP contribution in [0, 0.1) is 0 Å². The number of hydrogen-bond acceptors (Lipinski definition) is 2. The van der Waals surface area contributed by atoms with Crippen LogP contribution < -0.4 is 11.3 Å². The summed E-state index contributed by atoms with van der Waals surface area (Å²) >= 11 is 0. The van der Waals surface area contributed by atoms with E-state index in [1.165, 1.54) is 6.92 Å². The van der Waals surface area contributed by atoms with Crippen molar-refractivity contribution in [2.45, 2.75) is 19.6 Å². The molecular formula is C8H9F3N2O. The highest BCUT2D eigenvalue weighted by Gasteiger charge is 2.33. The molecule has 0 saturated carbocycles. The van der Waals surface area contributed by atoms with Crippen molar-refractivity contribution in [3.63, 3.8) is 0 Å². The van der Waals surface area contributed by atoms with E-state index in [9.17, 15) is 18.0 Å². The van der Waals surface area contributed by atoms with Gasteiger partial charge >= 0.3 is 6.30 Å². The lowest BCUT2D eigenvalue weighted by Gasteiger charge is -2.14. The zero-order valence-electron chi connectivity index (χ0n) is 7.43. The second-order valence-corrected chi connectivity index (χ2v) is 2.78. The van der Waals surface area contributed by atoms with E-state index in [1.807, 2.05) is 0 Å². The molecule has 0 atom stereocenters. The molecule has 1 aromatic heterocycles. The smallest absolute Gasteiger partial charge is 0.399 e. The van der Waals surface area contributed by atoms with E-state index >= 15 is 0 Å². The third-order valence-electron chi connectivity index (χ3n) is 1.75. The van der Waals surface area contributed by atoms with Gasteiger partial charge in [-0.1, -0.05) is 6.92 Å². The zero-order chi connectivity index (χ0) is 10.9. The van der Waals surface area contributed by atoms with Crippen molar-refractivity contribution in [3.05, 3.63) is 28.2 Å². The quantitative estimate of drug-likeness (QED) is 0.756. The van der Waals surface area contributed by atoms with Gasteiger partial charge in [0.1, 0.15) is 0 Å². The number of aromatic nitrogens is 1. The molecule has 0 aliphatic rings. The standard InChI is InChI=1S/C8H9F3N2O/c1-2-6-3-5(12)4-7(14)13(6)8(9,10)11/h3-4H,2,12H2,1H3. The number of nitrogens with zero attached hydrogens (tertiary/aromatic N) is 1. The van der Waals surface area contributed by atoms with Crippen molar-refractivity contribution < 1.29 is 13.2 Å². The highest BCUT2D eigenvalue weighted by Crippen LogP contribution is 2.22. The fourth-order valence-corrected chi connectivity index (χ4v) is 1.20. The summed E-state index contributed by atoms with van der Waals surface area (Å²) in [5.41, 5.74) is 4.03. The number of hydrogen-bond donors (Lipinski definition) is 1. The topological polar surface area (TPSA) is 48.0 Å². The Bertz CT molecular complexity index is 395. The average molecular weight is 206 g/mol. The van der Waals surface area contributed by atoms with Crippen molar-refractivity contribution in [1.29, 1.82) is 0 Å². The summed E-state index contributed by atoms with van der Waals surface area (Å²) in [5, 5.41) is 0. The first-order valence-corrected chi connectivity index (χ1v) is 3.95. The third-order valence-corrected chi connectivity index (χ3v) is 1.75. The van der Waals surface area contributed by atoms with E-state index in [1.54, 1.807) is 0 Å². The predicted octanol–water partition coefficient (Wildman–Crippen LogP) is 1.47. The van der Waals surface area contributed by atoms with Crippen molar-refractivity contribution in [2.24, 2.45) is 0 Å². The maximum atomic E-state index is 12.4. The molecule has 0 spiro atoms. The minimum Gasteiger partial charge on any atom is -0.399 e. The van der Waals surface area contributed by atoms with Crippen LogP contribution in [0.5, 0.6) is 0 Å². The number of pyridine rings is 1. The molecule has 1 heterocycles. The monoisotopic (exact) mass is 206 g/mol. The number of nitrogen functional groups attached to an aromatic ring is 1. The maximum Gasteiger partial charge on any atom is 0.491 e. The Morgan fingerprint density at radius 1 is 1.43 bits per heavy atom. The number of aryl methyl sites for hydroxylation is 1. The summed E-state index contributed by atoms with van der Waals surface area (Å²) in [6.07, 6.45) is -4.59. The Labute approximate surface area is 78.0 Å². The number of anilines is 1. The molecule has 0 aliphatic heterocycles. The lowest BCUT2D eigenvalue weighted by Crippen LogP contribution is -2.33. The van der Waals surface area contributed by atoms with Gasteiger partial charge in [0.15, 0.2) is 0 Å². The minimum absolute atomic E-state index is 0.0485. The Morgan fingerprint density at radius 3 is 2.43 bits per heavy atom. The molecule has 0 unspecified atom stereocenters. The number of nitrogens with two attached hydrogens (primary N) is 1. The van der Waals surface area contributed by atoms with Gasteiger partial charge in [-0.3, -0.25) is 4.79 Å². The first-order valence-electron chi connectivity index (χ1n) is 3.95. The Hall–Kier alpha value is -1.46. The fourth-order valence-electron chi connectivity index (χ4n) is 1.20. The Kier molecular flexibility index (Phi) is 2.55. The molecule has 6 heteroatoms. The van der Waals surface area contributed by atoms with E-state index in [4.69, 9.17) is 5.73 Å². The summed E-state index contributed by atoms with van der Waals surface area (Å²) < 4.78 is 36.8. The molecule has 0 aliphatic carbocycles. The molecule has 0 amide bonds. The molecule has 3 nitrogen and oxygen atoms in total.